The fraction of sp³-hybridized carbons (Fsp3) is 0.500. The maximum atomic E-state index is 11.3. The Labute approximate surface area is 120 Å². The molecule has 2 fully saturated rings. The highest BCUT2D eigenvalue weighted by Gasteiger charge is 2.40. The summed E-state index contributed by atoms with van der Waals surface area (Å²) in [6, 6.07) is 5.53. The second-order valence-corrected chi connectivity index (χ2v) is 6.12. The summed E-state index contributed by atoms with van der Waals surface area (Å²) in [6.45, 7) is 0.762. The normalized spacial score (nSPS) is 26.4. The van der Waals surface area contributed by atoms with Gasteiger partial charge < -0.3 is 15.2 Å². The molecule has 2 N–H and O–H groups in total. The lowest BCUT2D eigenvalue weighted by molar-refractivity contribution is 0.0697. The minimum Gasteiger partial charge on any atom is -0.478 e. The molecule has 2 unspecified atom stereocenters. The number of halogens is 1. The quantitative estimate of drug-likeness (QED) is 0.892. The molecule has 1 aromatic carbocycles. The molecule has 2 aliphatic rings. The van der Waals surface area contributed by atoms with Crippen molar-refractivity contribution in [2.24, 2.45) is 5.92 Å². The molecule has 1 heterocycles. The van der Waals surface area contributed by atoms with E-state index in [0.29, 0.717) is 17.2 Å². The van der Waals surface area contributed by atoms with Crippen LogP contribution in [0.15, 0.2) is 22.7 Å². The van der Waals surface area contributed by atoms with E-state index in [9.17, 15) is 9.90 Å². The molecule has 1 saturated heterocycles. The molecule has 4 nitrogen and oxygen atoms in total. The number of anilines is 1. The molecule has 0 amide bonds. The minimum atomic E-state index is -0.911. The van der Waals surface area contributed by atoms with Crippen molar-refractivity contribution in [2.75, 3.05) is 11.9 Å². The second kappa shape index (κ2) is 5.13. The number of rotatable bonds is 4. The Morgan fingerprint density at radius 2 is 2.16 bits per heavy atom. The third kappa shape index (κ3) is 2.77. The number of nitrogens with one attached hydrogen (secondary N) is 1. The number of hydrogen-bond donors (Lipinski definition) is 2. The molecular formula is C14H16BrNO3. The molecule has 1 aromatic rings. The maximum absolute atomic E-state index is 11.3. The van der Waals surface area contributed by atoms with Gasteiger partial charge in [0.2, 0.25) is 0 Å². The van der Waals surface area contributed by atoms with Crippen molar-refractivity contribution in [3.8, 4) is 0 Å². The van der Waals surface area contributed by atoms with E-state index in [-0.39, 0.29) is 12.1 Å². The van der Waals surface area contributed by atoms with E-state index in [1.165, 1.54) is 12.8 Å². The second-order valence-electron chi connectivity index (χ2n) is 5.21. The van der Waals surface area contributed by atoms with Gasteiger partial charge in [-0.2, -0.15) is 0 Å². The van der Waals surface area contributed by atoms with Gasteiger partial charge in [0.25, 0.3) is 0 Å². The van der Waals surface area contributed by atoms with E-state index >= 15 is 0 Å². The molecule has 0 aromatic heterocycles. The summed E-state index contributed by atoms with van der Waals surface area (Å²) in [4.78, 5) is 11.3. The van der Waals surface area contributed by atoms with Gasteiger partial charge >= 0.3 is 5.97 Å². The number of aromatic carboxylic acids is 1. The lowest BCUT2D eigenvalue weighted by atomic mass is 10.0. The van der Waals surface area contributed by atoms with Crippen LogP contribution in [0, 0.1) is 5.92 Å². The monoisotopic (exact) mass is 325 g/mol. The van der Waals surface area contributed by atoms with Crippen molar-refractivity contribution < 1.29 is 14.6 Å². The van der Waals surface area contributed by atoms with Crippen molar-refractivity contribution in [1.29, 1.82) is 0 Å². The van der Waals surface area contributed by atoms with Gasteiger partial charge in [-0.1, -0.05) is 15.9 Å². The first-order valence-electron chi connectivity index (χ1n) is 6.56. The molecule has 0 bridgehead atoms. The van der Waals surface area contributed by atoms with Crippen molar-refractivity contribution >= 4 is 27.6 Å². The van der Waals surface area contributed by atoms with Gasteiger partial charge in [-0.15, -0.1) is 0 Å². The van der Waals surface area contributed by atoms with Crippen molar-refractivity contribution in [3.05, 3.63) is 28.2 Å². The predicted octanol–water partition coefficient (Wildman–Crippen LogP) is 3.13. The highest BCUT2D eigenvalue weighted by atomic mass is 79.9. The molecule has 0 radical (unpaired) electrons. The van der Waals surface area contributed by atoms with E-state index in [1.807, 2.05) is 12.1 Å². The fourth-order valence-corrected chi connectivity index (χ4v) is 3.04. The van der Waals surface area contributed by atoms with Gasteiger partial charge in [-0.25, -0.2) is 4.79 Å². The Bertz CT molecular complexity index is 501. The molecule has 19 heavy (non-hydrogen) atoms. The molecule has 5 heteroatoms. The average Bonchev–Trinajstić information content (AvgIpc) is 3.12. The summed E-state index contributed by atoms with van der Waals surface area (Å²) in [6.07, 6.45) is 3.64. The van der Waals surface area contributed by atoms with Crippen molar-refractivity contribution in [1.82, 2.24) is 0 Å². The van der Waals surface area contributed by atoms with Crippen LogP contribution in [-0.2, 0) is 4.74 Å². The zero-order chi connectivity index (χ0) is 13.4. The van der Waals surface area contributed by atoms with Crippen LogP contribution in [0.2, 0.25) is 0 Å². The minimum absolute atomic E-state index is 0.228. The summed E-state index contributed by atoms with van der Waals surface area (Å²) in [5.74, 6) is -0.255. The molecule has 1 aliphatic carbocycles. The Morgan fingerprint density at radius 3 is 2.84 bits per heavy atom. The van der Waals surface area contributed by atoms with Crippen LogP contribution in [-0.4, -0.2) is 29.8 Å². The third-order valence-electron chi connectivity index (χ3n) is 3.78. The largest absolute Gasteiger partial charge is 0.478 e. The van der Waals surface area contributed by atoms with Crippen molar-refractivity contribution in [3.63, 3.8) is 0 Å². The molecule has 3 rings (SSSR count). The van der Waals surface area contributed by atoms with Crippen LogP contribution < -0.4 is 5.32 Å². The SMILES string of the molecule is O=C(O)c1cc(Br)ccc1NC1CCOC1C1CC1. The Hall–Kier alpha value is -1.07. The van der Waals surface area contributed by atoms with Gasteiger partial charge in [-0.3, -0.25) is 0 Å². The third-order valence-corrected chi connectivity index (χ3v) is 4.27. The van der Waals surface area contributed by atoms with Crippen LogP contribution in [0.5, 0.6) is 0 Å². The van der Waals surface area contributed by atoms with Crippen LogP contribution in [0.1, 0.15) is 29.6 Å². The molecule has 1 aliphatic heterocycles. The van der Waals surface area contributed by atoms with Crippen LogP contribution in [0.4, 0.5) is 5.69 Å². The van der Waals surface area contributed by atoms with E-state index in [4.69, 9.17) is 4.74 Å². The lowest BCUT2D eigenvalue weighted by Crippen LogP contribution is -2.31. The van der Waals surface area contributed by atoms with Gasteiger partial charge in [-0.05, 0) is 43.4 Å². The standard InChI is InChI=1S/C14H16BrNO3/c15-9-3-4-11(10(7-9)14(17)18)16-12-5-6-19-13(12)8-1-2-8/h3-4,7-8,12-13,16H,1-2,5-6H2,(H,17,18). The molecular weight excluding hydrogens is 310 g/mol. The maximum Gasteiger partial charge on any atom is 0.337 e. The number of carbonyl (C=O) groups is 1. The van der Waals surface area contributed by atoms with Gasteiger partial charge in [0.15, 0.2) is 0 Å². The van der Waals surface area contributed by atoms with Crippen molar-refractivity contribution in [2.45, 2.75) is 31.4 Å². The molecule has 1 saturated carbocycles. The number of benzene rings is 1. The smallest absolute Gasteiger partial charge is 0.337 e. The van der Waals surface area contributed by atoms with E-state index in [2.05, 4.69) is 21.2 Å². The lowest BCUT2D eigenvalue weighted by Gasteiger charge is -2.21. The van der Waals surface area contributed by atoms with E-state index < -0.39 is 5.97 Å². The Balaban J connectivity index is 1.80. The predicted molar refractivity (Wildman–Crippen MR) is 75.6 cm³/mol. The zero-order valence-corrected chi connectivity index (χ0v) is 12.0. The number of ether oxygens (including phenoxy) is 1. The molecule has 102 valence electrons. The summed E-state index contributed by atoms with van der Waals surface area (Å²) in [7, 11) is 0. The van der Waals surface area contributed by atoms with Crippen LogP contribution in [0.3, 0.4) is 0 Å². The first-order chi connectivity index (χ1) is 9.15. The van der Waals surface area contributed by atoms with Gasteiger partial charge in [0.05, 0.1) is 17.7 Å². The van der Waals surface area contributed by atoms with Crippen LogP contribution >= 0.6 is 15.9 Å². The zero-order valence-electron chi connectivity index (χ0n) is 10.4. The highest BCUT2D eigenvalue weighted by Crippen LogP contribution is 2.40. The summed E-state index contributed by atoms with van der Waals surface area (Å²) in [5.41, 5.74) is 0.979. The van der Waals surface area contributed by atoms with Crippen LogP contribution in [0.25, 0.3) is 0 Å². The summed E-state index contributed by atoms with van der Waals surface area (Å²) < 4.78 is 6.54. The average molecular weight is 326 g/mol. The van der Waals surface area contributed by atoms with Gasteiger partial charge in [0.1, 0.15) is 0 Å². The summed E-state index contributed by atoms with van der Waals surface area (Å²) >= 11 is 3.31. The first kappa shape index (κ1) is 12.9. The topological polar surface area (TPSA) is 58.6 Å². The number of carboxylic acid groups (broad SMARTS) is 1. The Kier molecular flexibility index (Phi) is 3.50. The fourth-order valence-electron chi connectivity index (χ4n) is 2.67. The number of carboxylic acids is 1. The molecule has 2 atom stereocenters. The molecule has 0 spiro atoms. The van der Waals surface area contributed by atoms with E-state index in [0.717, 1.165) is 17.5 Å². The van der Waals surface area contributed by atoms with Gasteiger partial charge in [0, 0.05) is 16.8 Å². The first-order valence-corrected chi connectivity index (χ1v) is 7.35. The highest BCUT2D eigenvalue weighted by molar-refractivity contribution is 9.10. The summed E-state index contributed by atoms with van der Waals surface area (Å²) in [5, 5.41) is 12.6. The Morgan fingerprint density at radius 1 is 1.37 bits per heavy atom. The van der Waals surface area contributed by atoms with E-state index in [1.54, 1.807) is 6.07 Å². The number of hydrogen-bond acceptors (Lipinski definition) is 3.